The lowest BCUT2D eigenvalue weighted by Crippen LogP contribution is -2.10. The van der Waals surface area contributed by atoms with Gasteiger partial charge in [0.2, 0.25) is 5.91 Å². The Morgan fingerprint density at radius 1 is 1.21 bits per heavy atom. The van der Waals surface area contributed by atoms with Crippen molar-refractivity contribution in [2.75, 3.05) is 7.11 Å². The van der Waals surface area contributed by atoms with Crippen LogP contribution in [0.25, 0.3) is 0 Å². The zero-order valence-corrected chi connectivity index (χ0v) is 11.4. The first-order valence-corrected chi connectivity index (χ1v) is 6.83. The third kappa shape index (κ3) is 3.76. The lowest BCUT2D eigenvalue weighted by Gasteiger charge is -2.05. The first kappa shape index (κ1) is 13.5. The van der Waals surface area contributed by atoms with E-state index < -0.39 is 5.91 Å². The molecule has 0 radical (unpaired) electrons. The summed E-state index contributed by atoms with van der Waals surface area (Å²) in [6, 6.07) is 15.3. The predicted molar refractivity (Wildman–Crippen MR) is 77.5 cm³/mol. The fraction of sp³-hybridized carbons (Fsp3) is 0.133. The minimum Gasteiger partial charge on any atom is -0.497 e. The highest BCUT2D eigenvalue weighted by Crippen LogP contribution is 2.25. The summed E-state index contributed by atoms with van der Waals surface area (Å²) in [5.74, 6) is 1.25. The van der Waals surface area contributed by atoms with Crippen LogP contribution in [0.1, 0.15) is 15.9 Å². The monoisotopic (exact) mass is 273 g/mol. The molecule has 0 unspecified atom stereocenters. The van der Waals surface area contributed by atoms with Gasteiger partial charge in [0.1, 0.15) is 5.75 Å². The van der Waals surface area contributed by atoms with Gasteiger partial charge in [0.25, 0.3) is 0 Å². The van der Waals surface area contributed by atoms with Crippen LogP contribution in [-0.2, 0) is 5.75 Å². The number of hydrogen-bond acceptors (Lipinski definition) is 3. The van der Waals surface area contributed by atoms with Crippen molar-refractivity contribution in [2.24, 2.45) is 5.73 Å². The van der Waals surface area contributed by atoms with Gasteiger partial charge >= 0.3 is 0 Å². The van der Waals surface area contributed by atoms with Crippen LogP contribution in [0.2, 0.25) is 0 Å². The van der Waals surface area contributed by atoms with Gasteiger partial charge in [-0.3, -0.25) is 4.79 Å². The van der Waals surface area contributed by atoms with Crippen molar-refractivity contribution in [1.29, 1.82) is 0 Å². The highest BCUT2D eigenvalue weighted by atomic mass is 32.2. The van der Waals surface area contributed by atoms with Crippen LogP contribution in [0.4, 0.5) is 0 Å². The van der Waals surface area contributed by atoms with Gasteiger partial charge in [-0.2, -0.15) is 0 Å². The van der Waals surface area contributed by atoms with Crippen molar-refractivity contribution in [2.45, 2.75) is 10.6 Å². The van der Waals surface area contributed by atoms with Crippen molar-refractivity contribution in [3.8, 4) is 5.75 Å². The molecule has 2 N–H and O–H groups in total. The van der Waals surface area contributed by atoms with Crippen molar-refractivity contribution < 1.29 is 9.53 Å². The largest absolute Gasteiger partial charge is 0.497 e. The molecule has 0 saturated carbocycles. The van der Waals surface area contributed by atoms with Crippen LogP contribution >= 0.6 is 11.8 Å². The second-order valence-corrected chi connectivity index (χ2v) is 5.08. The molecule has 2 rings (SSSR count). The Labute approximate surface area is 116 Å². The molecule has 0 heterocycles. The summed E-state index contributed by atoms with van der Waals surface area (Å²) in [5, 5.41) is 0. The molecule has 0 spiro atoms. The van der Waals surface area contributed by atoms with Crippen molar-refractivity contribution in [3.05, 3.63) is 59.7 Å². The van der Waals surface area contributed by atoms with Gasteiger partial charge in [0.05, 0.1) is 7.11 Å². The number of rotatable bonds is 5. The summed E-state index contributed by atoms with van der Waals surface area (Å²) in [4.78, 5) is 12.3. The van der Waals surface area contributed by atoms with Gasteiger partial charge in [0.15, 0.2) is 0 Å². The Bertz CT molecular complexity index is 567. The maximum Gasteiger partial charge on any atom is 0.248 e. The topological polar surface area (TPSA) is 52.3 Å². The van der Waals surface area contributed by atoms with E-state index in [1.54, 1.807) is 24.9 Å². The number of carbonyl (C=O) groups excluding carboxylic acids is 1. The third-order valence-corrected chi connectivity index (χ3v) is 3.76. The summed E-state index contributed by atoms with van der Waals surface area (Å²) in [6.45, 7) is 0. The minimum absolute atomic E-state index is 0.392. The molecule has 98 valence electrons. The first-order chi connectivity index (χ1) is 9.19. The number of primary amides is 1. The highest BCUT2D eigenvalue weighted by molar-refractivity contribution is 7.98. The van der Waals surface area contributed by atoms with Gasteiger partial charge < -0.3 is 10.5 Å². The maximum atomic E-state index is 11.1. The van der Waals surface area contributed by atoms with E-state index in [-0.39, 0.29) is 0 Å². The molecule has 3 nitrogen and oxygen atoms in total. The number of nitrogens with two attached hydrogens (primary N) is 1. The molecule has 0 aliphatic carbocycles. The Morgan fingerprint density at radius 3 is 2.58 bits per heavy atom. The average molecular weight is 273 g/mol. The molecule has 2 aromatic rings. The van der Waals surface area contributed by atoms with Crippen molar-refractivity contribution in [3.63, 3.8) is 0 Å². The van der Waals surface area contributed by atoms with Crippen LogP contribution in [0.3, 0.4) is 0 Å². The number of hydrogen-bond donors (Lipinski definition) is 1. The van der Waals surface area contributed by atoms with Gasteiger partial charge in [-0.15, -0.1) is 11.8 Å². The number of thioether (sulfide) groups is 1. The molecule has 1 amide bonds. The summed E-state index contributed by atoms with van der Waals surface area (Å²) < 4.78 is 5.11. The molecular formula is C15H15NO2S. The number of methoxy groups -OCH3 is 1. The van der Waals surface area contributed by atoms with Crippen molar-refractivity contribution in [1.82, 2.24) is 0 Å². The fourth-order valence-corrected chi connectivity index (χ4v) is 2.49. The van der Waals surface area contributed by atoms with Crippen LogP contribution < -0.4 is 10.5 Å². The molecule has 4 heteroatoms. The number of amides is 1. The van der Waals surface area contributed by atoms with Crippen LogP contribution in [0.5, 0.6) is 5.75 Å². The van der Waals surface area contributed by atoms with E-state index in [1.165, 1.54) is 0 Å². The molecule has 0 fully saturated rings. The molecular weight excluding hydrogens is 258 g/mol. The standard InChI is InChI=1S/C15H15NO2S/c1-18-13-5-7-14(8-6-13)19-10-11-3-2-4-12(9-11)15(16)17/h2-9H,10H2,1H3,(H2,16,17). The Kier molecular flexibility index (Phi) is 4.47. The third-order valence-electron chi connectivity index (χ3n) is 2.68. The molecule has 0 aliphatic heterocycles. The number of carbonyl (C=O) groups is 1. The maximum absolute atomic E-state index is 11.1. The molecule has 0 atom stereocenters. The van der Waals surface area contributed by atoms with Crippen LogP contribution in [0.15, 0.2) is 53.4 Å². The van der Waals surface area contributed by atoms with Crippen LogP contribution in [-0.4, -0.2) is 13.0 Å². The summed E-state index contributed by atoms with van der Waals surface area (Å²) >= 11 is 1.71. The minimum atomic E-state index is -0.392. The molecule has 0 bridgehead atoms. The molecule has 0 saturated heterocycles. The summed E-state index contributed by atoms with van der Waals surface area (Å²) in [6.07, 6.45) is 0. The summed E-state index contributed by atoms with van der Waals surface area (Å²) in [5.41, 5.74) is 6.89. The second kappa shape index (κ2) is 6.29. The van der Waals surface area contributed by atoms with E-state index in [1.807, 2.05) is 42.5 Å². The lowest BCUT2D eigenvalue weighted by molar-refractivity contribution is 0.1000. The Morgan fingerprint density at radius 2 is 1.95 bits per heavy atom. The van der Waals surface area contributed by atoms with Crippen molar-refractivity contribution >= 4 is 17.7 Å². The van der Waals surface area contributed by atoms with Gasteiger partial charge in [-0.05, 0) is 42.0 Å². The normalized spacial score (nSPS) is 10.2. The van der Waals surface area contributed by atoms with Gasteiger partial charge in [-0.25, -0.2) is 0 Å². The zero-order valence-electron chi connectivity index (χ0n) is 10.6. The highest BCUT2D eigenvalue weighted by Gasteiger charge is 2.02. The second-order valence-electron chi connectivity index (χ2n) is 4.03. The van der Waals surface area contributed by atoms with Gasteiger partial charge in [0, 0.05) is 16.2 Å². The predicted octanol–water partition coefficient (Wildman–Crippen LogP) is 3.09. The van der Waals surface area contributed by atoms with Gasteiger partial charge in [-0.1, -0.05) is 12.1 Å². The summed E-state index contributed by atoms with van der Waals surface area (Å²) in [7, 11) is 1.65. The SMILES string of the molecule is COc1ccc(SCc2cccc(C(N)=O)c2)cc1. The Hall–Kier alpha value is -1.94. The smallest absolute Gasteiger partial charge is 0.248 e. The number of benzene rings is 2. The zero-order chi connectivity index (χ0) is 13.7. The average Bonchev–Trinajstić information content (AvgIpc) is 2.46. The number of ether oxygens (including phenoxy) is 1. The Balaban J connectivity index is 2.01. The van der Waals surface area contributed by atoms with E-state index in [0.717, 1.165) is 22.0 Å². The van der Waals surface area contributed by atoms with E-state index in [4.69, 9.17) is 10.5 Å². The first-order valence-electron chi connectivity index (χ1n) is 5.84. The van der Waals surface area contributed by atoms with Crippen LogP contribution in [0, 0.1) is 0 Å². The molecule has 2 aromatic carbocycles. The van der Waals surface area contributed by atoms with E-state index in [0.29, 0.717) is 5.56 Å². The molecule has 0 aliphatic rings. The molecule has 19 heavy (non-hydrogen) atoms. The van der Waals surface area contributed by atoms with E-state index in [2.05, 4.69) is 0 Å². The molecule has 0 aromatic heterocycles. The van der Waals surface area contributed by atoms with E-state index in [9.17, 15) is 4.79 Å². The lowest BCUT2D eigenvalue weighted by atomic mass is 10.1. The van der Waals surface area contributed by atoms with E-state index >= 15 is 0 Å². The fourth-order valence-electron chi connectivity index (χ4n) is 1.65. The quantitative estimate of drug-likeness (QED) is 0.852.